The molecule has 2 heterocycles. The van der Waals surface area contributed by atoms with Crippen molar-refractivity contribution in [1.29, 1.82) is 0 Å². The van der Waals surface area contributed by atoms with Gasteiger partial charge in [0.15, 0.2) is 0 Å². The highest BCUT2D eigenvalue weighted by molar-refractivity contribution is 5.97. The summed E-state index contributed by atoms with van der Waals surface area (Å²) in [7, 11) is 0. The number of halogens is 1. The predicted octanol–water partition coefficient (Wildman–Crippen LogP) is 3.72. The third-order valence-electron chi connectivity index (χ3n) is 6.42. The van der Waals surface area contributed by atoms with Crippen molar-refractivity contribution < 1.29 is 9.18 Å². The third-order valence-corrected chi connectivity index (χ3v) is 6.42. The predicted molar refractivity (Wildman–Crippen MR) is 127 cm³/mol. The van der Waals surface area contributed by atoms with Crippen LogP contribution in [0.2, 0.25) is 0 Å². The molecule has 0 spiro atoms. The maximum Gasteiger partial charge on any atom is 0.253 e. The van der Waals surface area contributed by atoms with Crippen LogP contribution in [-0.4, -0.2) is 35.6 Å². The first-order chi connectivity index (χ1) is 15.1. The summed E-state index contributed by atoms with van der Waals surface area (Å²) in [6.45, 7) is 12.7. The van der Waals surface area contributed by atoms with Gasteiger partial charge < -0.3 is 20.5 Å². The number of benzene rings is 1. The van der Waals surface area contributed by atoms with Crippen LogP contribution in [0.5, 0.6) is 0 Å². The van der Waals surface area contributed by atoms with Gasteiger partial charge in [-0.2, -0.15) is 0 Å². The van der Waals surface area contributed by atoms with Crippen molar-refractivity contribution in [3.05, 3.63) is 62.3 Å². The van der Waals surface area contributed by atoms with Crippen molar-refractivity contribution in [2.24, 2.45) is 0 Å². The van der Waals surface area contributed by atoms with E-state index in [1.165, 1.54) is 12.1 Å². The maximum atomic E-state index is 14.6. The van der Waals surface area contributed by atoms with Crippen molar-refractivity contribution in [3.8, 4) is 0 Å². The van der Waals surface area contributed by atoms with Crippen LogP contribution in [0.3, 0.4) is 0 Å². The van der Waals surface area contributed by atoms with E-state index < -0.39 is 5.82 Å². The van der Waals surface area contributed by atoms with Crippen LogP contribution in [0.15, 0.2) is 23.0 Å². The number of piperidine rings is 1. The van der Waals surface area contributed by atoms with Crippen LogP contribution in [0.25, 0.3) is 0 Å². The van der Waals surface area contributed by atoms with Crippen molar-refractivity contribution in [1.82, 2.24) is 15.6 Å². The highest BCUT2D eigenvalue weighted by Crippen LogP contribution is 2.30. The second-order valence-electron chi connectivity index (χ2n) is 9.10. The number of nitrogens with one attached hydrogen (secondary N) is 3. The third kappa shape index (κ3) is 5.21. The minimum Gasteiger partial charge on any atom is -0.368 e. The number of aromatic nitrogens is 1. The van der Waals surface area contributed by atoms with Gasteiger partial charge in [0.2, 0.25) is 0 Å². The molecular weight excluding hydrogens is 407 g/mol. The number of rotatable bonds is 6. The number of carbonyl (C=O) groups is 1. The molecule has 0 aliphatic carbocycles. The maximum absolute atomic E-state index is 14.6. The summed E-state index contributed by atoms with van der Waals surface area (Å²) < 4.78 is 14.6. The standard InChI is InChI=1S/C25H35FN4O2/c1-7-30(20-9-16(4)28-17(5)10-20)23-12-19(26)11-21(18(23)6)24(31)27-13-22-14(2)8-15(3)29-25(22)32/h8,11-12,16-17,20,28H,7,9-10,13H2,1-6H3,(H,27,31)(H,29,32)/t16-,17+,20+. The fourth-order valence-electron chi connectivity index (χ4n) is 4.98. The van der Waals surface area contributed by atoms with Crippen molar-refractivity contribution >= 4 is 11.6 Å². The Hall–Kier alpha value is -2.67. The summed E-state index contributed by atoms with van der Waals surface area (Å²) in [6.07, 6.45) is 1.93. The van der Waals surface area contributed by atoms with Gasteiger partial charge in [0.1, 0.15) is 5.82 Å². The first-order valence-electron chi connectivity index (χ1n) is 11.4. The molecule has 0 radical (unpaired) electrons. The molecule has 3 rings (SSSR count). The van der Waals surface area contributed by atoms with Crippen LogP contribution in [0, 0.1) is 26.6 Å². The van der Waals surface area contributed by atoms with E-state index in [-0.39, 0.29) is 24.1 Å². The number of H-pyrrole nitrogens is 1. The summed E-state index contributed by atoms with van der Waals surface area (Å²) >= 11 is 0. The number of nitrogens with zero attached hydrogens (tertiary/aromatic N) is 1. The van der Waals surface area contributed by atoms with Crippen LogP contribution in [-0.2, 0) is 6.54 Å². The summed E-state index contributed by atoms with van der Waals surface area (Å²) in [5.41, 5.74) is 3.68. The van der Waals surface area contributed by atoms with Gasteiger partial charge in [0.25, 0.3) is 11.5 Å². The van der Waals surface area contributed by atoms with E-state index in [4.69, 9.17) is 0 Å². The lowest BCUT2D eigenvalue weighted by Crippen LogP contribution is -2.51. The van der Waals surface area contributed by atoms with Crippen molar-refractivity contribution in [3.63, 3.8) is 0 Å². The molecule has 1 fully saturated rings. The zero-order chi connectivity index (χ0) is 23.6. The lowest BCUT2D eigenvalue weighted by Gasteiger charge is -2.41. The van der Waals surface area contributed by atoms with Gasteiger partial charge >= 0.3 is 0 Å². The highest BCUT2D eigenvalue weighted by Gasteiger charge is 2.29. The average molecular weight is 443 g/mol. The van der Waals surface area contributed by atoms with E-state index in [1.807, 2.05) is 26.8 Å². The number of amides is 1. The molecule has 32 heavy (non-hydrogen) atoms. The first-order valence-corrected chi connectivity index (χ1v) is 11.4. The molecular formula is C25H35FN4O2. The number of pyridine rings is 1. The number of hydrogen-bond donors (Lipinski definition) is 3. The van der Waals surface area contributed by atoms with E-state index in [9.17, 15) is 14.0 Å². The zero-order valence-corrected chi connectivity index (χ0v) is 19.9. The molecule has 1 aromatic heterocycles. The number of anilines is 1. The zero-order valence-electron chi connectivity index (χ0n) is 19.9. The van der Waals surface area contributed by atoms with Gasteiger partial charge in [0, 0.05) is 53.7 Å². The first kappa shape index (κ1) is 24.0. The normalized spacial score (nSPS) is 20.8. The Bertz CT molecular complexity index is 1040. The topological polar surface area (TPSA) is 77.2 Å². The van der Waals surface area contributed by atoms with E-state index in [2.05, 4.69) is 41.3 Å². The number of aromatic amines is 1. The van der Waals surface area contributed by atoms with Gasteiger partial charge in [-0.1, -0.05) is 0 Å². The lowest BCUT2D eigenvalue weighted by molar-refractivity contribution is 0.0949. The molecule has 7 heteroatoms. The van der Waals surface area contributed by atoms with Crippen LogP contribution >= 0.6 is 0 Å². The SMILES string of the molecule is CCN(c1cc(F)cc(C(=O)NCc2c(C)cc(C)[nH]c2=O)c1C)[C@H]1C[C@@H](C)N[C@@H](C)C1. The van der Waals surface area contributed by atoms with Gasteiger partial charge in [-0.05, 0) is 83.7 Å². The van der Waals surface area contributed by atoms with Gasteiger partial charge in [0.05, 0.1) is 0 Å². The van der Waals surface area contributed by atoms with E-state index in [0.717, 1.165) is 41.9 Å². The molecule has 1 aromatic carbocycles. The Morgan fingerprint density at radius 1 is 1.16 bits per heavy atom. The molecule has 0 saturated carbocycles. The molecule has 3 atom stereocenters. The minimum atomic E-state index is -0.436. The molecule has 2 aromatic rings. The summed E-state index contributed by atoms with van der Waals surface area (Å²) in [6, 6.07) is 5.71. The quantitative estimate of drug-likeness (QED) is 0.637. The van der Waals surface area contributed by atoms with E-state index in [1.54, 1.807) is 0 Å². The van der Waals surface area contributed by atoms with Gasteiger partial charge in [-0.25, -0.2) is 4.39 Å². The van der Waals surface area contributed by atoms with Crippen LogP contribution < -0.4 is 21.1 Å². The van der Waals surface area contributed by atoms with Gasteiger partial charge in [-0.3, -0.25) is 9.59 Å². The Morgan fingerprint density at radius 2 is 1.81 bits per heavy atom. The summed E-state index contributed by atoms with van der Waals surface area (Å²) in [5.74, 6) is -0.820. The Kier molecular flexibility index (Phi) is 7.39. The molecule has 0 bridgehead atoms. The van der Waals surface area contributed by atoms with Gasteiger partial charge in [-0.15, -0.1) is 0 Å². The minimum absolute atomic E-state index is 0.0897. The smallest absolute Gasteiger partial charge is 0.253 e. The Balaban J connectivity index is 1.87. The van der Waals surface area contributed by atoms with Crippen LogP contribution in [0.1, 0.15) is 66.4 Å². The summed E-state index contributed by atoms with van der Waals surface area (Å²) in [5, 5.41) is 6.36. The molecule has 0 unspecified atom stereocenters. The molecule has 6 nitrogen and oxygen atoms in total. The molecule has 1 saturated heterocycles. The van der Waals surface area contributed by atoms with Crippen LogP contribution in [0.4, 0.5) is 10.1 Å². The van der Waals surface area contributed by atoms with E-state index in [0.29, 0.717) is 23.2 Å². The number of aryl methyl sites for hydroxylation is 2. The molecule has 1 aliphatic rings. The highest BCUT2D eigenvalue weighted by atomic mass is 19.1. The molecule has 1 aliphatic heterocycles. The monoisotopic (exact) mass is 442 g/mol. The molecule has 3 N–H and O–H groups in total. The van der Waals surface area contributed by atoms with Crippen molar-refractivity contribution in [2.75, 3.05) is 11.4 Å². The number of hydrogen-bond acceptors (Lipinski definition) is 4. The summed E-state index contributed by atoms with van der Waals surface area (Å²) in [4.78, 5) is 30.2. The second kappa shape index (κ2) is 9.86. The average Bonchev–Trinajstić information content (AvgIpc) is 2.69. The molecule has 174 valence electrons. The Morgan fingerprint density at radius 3 is 2.41 bits per heavy atom. The number of carbonyl (C=O) groups excluding carboxylic acids is 1. The molecule has 1 amide bonds. The second-order valence-corrected chi connectivity index (χ2v) is 9.10. The largest absolute Gasteiger partial charge is 0.368 e. The fourth-order valence-corrected chi connectivity index (χ4v) is 4.98. The Labute approximate surface area is 189 Å². The fraction of sp³-hybridized carbons (Fsp3) is 0.520. The van der Waals surface area contributed by atoms with Crippen molar-refractivity contribution in [2.45, 2.75) is 79.1 Å². The van der Waals surface area contributed by atoms with E-state index >= 15 is 0 Å². The lowest BCUT2D eigenvalue weighted by atomic mass is 9.92.